The zero-order valence-corrected chi connectivity index (χ0v) is 11.8. The Hall–Kier alpha value is -0.710. The molecule has 3 nitrogen and oxygen atoms in total. The minimum Gasteiger partial charge on any atom is -0.359 e. The van der Waals surface area contributed by atoms with Crippen molar-refractivity contribution in [2.24, 2.45) is 0 Å². The second-order valence-corrected chi connectivity index (χ2v) is 5.89. The second-order valence-electron chi connectivity index (χ2n) is 3.52. The first-order valence-corrected chi connectivity index (χ1v) is 6.35. The highest BCUT2D eigenvalue weighted by Gasteiger charge is 2.34. The summed E-state index contributed by atoms with van der Waals surface area (Å²) < 4.78 is 11.7. The maximum absolute atomic E-state index is 13.5. The molecule has 0 aliphatic carbocycles. The Labute approximate surface area is 120 Å². The fourth-order valence-electron chi connectivity index (χ4n) is 1.20. The predicted octanol–water partition coefficient (Wildman–Crippen LogP) is 3.46. The number of para-hydroxylation sites is 1. The summed E-state index contributed by atoms with van der Waals surface area (Å²) in [6, 6.07) is 5.91. The van der Waals surface area contributed by atoms with Crippen molar-refractivity contribution in [2.45, 2.75) is 23.3 Å². The molecule has 0 radical (unpaired) electrons. The van der Waals surface area contributed by atoms with E-state index in [2.05, 4.69) is 10.6 Å². The number of hydrogen-bond acceptors (Lipinski definition) is 2. The van der Waals surface area contributed by atoms with Crippen molar-refractivity contribution in [3.63, 3.8) is 0 Å². The Bertz CT molecular complexity index is 423. The van der Waals surface area contributed by atoms with Gasteiger partial charge < -0.3 is 10.6 Å². The number of amides is 1. The Morgan fingerprint density at radius 2 is 2.00 bits per heavy atom. The summed E-state index contributed by atoms with van der Waals surface area (Å²) in [6.45, 7) is 1.66. The van der Waals surface area contributed by atoms with E-state index in [0.29, 0.717) is 0 Å². The third kappa shape index (κ3) is 4.52. The SMILES string of the molecule is CCC(=O)NC(Nc1ccccc1F)C(Cl)(Cl)Cl. The summed E-state index contributed by atoms with van der Waals surface area (Å²) in [6.07, 6.45) is -0.789. The predicted molar refractivity (Wildman–Crippen MR) is 72.5 cm³/mol. The van der Waals surface area contributed by atoms with E-state index in [-0.39, 0.29) is 18.0 Å². The number of rotatable bonds is 4. The number of benzene rings is 1. The quantitative estimate of drug-likeness (QED) is 0.660. The third-order valence-electron chi connectivity index (χ3n) is 2.13. The van der Waals surface area contributed by atoms with Crippen molar-refractivity contribution in [3.05, 3.63) is 30.1 Å². The van der Waals surface area contributed by atoms with E-state index in [1.54, 1.807) is 13.0 Å². The summed E-state index contributed by atoms with van der Waals surface area (Å²) in [5, 5.41) is 5.12. The van der Waals surface area contributed by atoms with Crippen LogP contribution in [0.25, 0.3) is 0 Å². The minimum atomic E-state index is -1.80. The Morgan fingerprint density at radius 3 is 2.50 bits per heavy atom. The van der Waals surface area contributed by atoms with Gasteiger partial charge in [0.1, 0.15) is 12.0 Å². The molecule has 2 N–H and O–H groups in total. The van der Waals surface area contributed by atoms with Crippen molar-refractivity contribution >= 4 is 46.4 Å². The third-order valence-corrected chi connectivity index (χ3v) is 2.78. The van der Waals surface area contributed by atoms with Gasteiger partial charge in [0.05, 0.1) is 5.69 Å². The summed E-state index contributed by atoms with van der Waals surface area (Å²) in [7, 11) is 0. The van der Waals surface area contributed by atoms with Crippen LogP contribution in [-0.2, 0) is 4.79 Å². The summed E-state index contributed by atoms with van der Waals surface area (Å²) >= 11 is 17.2. The van der Waals surface area contributed by atoms with Gasteiger partial charge in [0.2, 0.25) is 9.70 Å². The Balaban J connectivity index is 2.86. The molecule has 0 saturated carbocycles. The lowest BCUT2D eigenvalue weighted by molar-refractivity contribution is -0.121. The molecule has 0 saturated heterocycles. The van der Waals surface area contributed by atoms with Crippen LogP contribution in [0.1, 0.15) is 13.3 Å². The van der Waals surface area contributed by atoms with Crippen LogP contribution in [-0.4, -0.2) is 15.9 Å². The van der Waals surface area contributed by atoms with Crippen molar-refractivity contribution in [1.29, 1.82) is 0 Å². The monoisotopic (exact) mass is 312 g/mol. The zero-order valence-electron chi connectivity index (χ0n) is 9.51. The number of anilines is 1. The first kappa shape index (κ1) is 15.3. The number of carbonyl (C=O) groups excluding carboxylic acids is 1. The molecule has 1 amide bonds. The molecule has 0 aliphatic heterocycles. The van der Waals surface area contributed by atoms with E-state index in [9.17, 15) is 9.18 Å². The number of halogens is 4. The van der Waals surface area contributed by atoms with E-state index in [4.69, 9.17) is 34.8 Å². The van der Waals surface area contributed by atoms with Crippen molar-refractivity contribution in [3.8, 4) is 0 Å². The van der Waals surface area contributed by atoms with Crippen LogP contribution in [0.4, 0.5) is 10.1 Å². The van der Waals surface area contributed by atoms with Crippen molar-refractivity contribution < 1.29 is 9.18 Å². The van der Waals surface area contributed by atoms with Gasteiger partial charge in [-0.25, -0.2) is 4.39 Å². The van der Waals surface area contributed by atoms with Gasteiger partial charge in [-0.3, -0.25) is 4.79 Å². The maximum atomic E-state index is 13.5. The normalized spacial score (nSPS) is 12.9. The van der Waals surface area contributed by atoms with E-state index >= 15 is 0 Å². The van der Waals surface area contributed by atoms with Crippen LogP contribution < -0.4 is 10.6 Å². The molecule has 1 aromatic carbocycles. The molecule has 1 atom stereocenters. The molecule has 7 heteroatoms. The summed E-state index contributed by atoms with van der Waals surface area (Å²) in [5.41, 5.74) is 0.144. The second kappa shape index (κ2) is 6.45. The maximum Gasteiger partial charge on any atom is 0.228 e. The van der Waals surface area contributed by atoms with Gasteiger partial charge in [-0.1, -0.05) is 53.9 Å². The zero-order chi connectivity index (χ0) is 13.8. The largest absolute Gasteiger partial charge is 0.359 e. The van der Waals surface area contributed by atoms with Crippen LogP contribution in [0.15, 0.2) is 24.3 Å². The highest BCUT2D eigenvalue weighted by Crippen LogP contribution is 2.31. The molecule has 0 fully saturated rings. The van der Waals surface area contributed by atoms with Gasteiger partial charge in [0.15, 0.2) is 0 Å². The van der Waals surface area contributed by atoms with E-state index in [1.807, 2.05) is 0 Å². The van der Waals surface area contributed by atoms with Crippen LogP contribution in [0, 0.1) is 5.82 Å². The molecule has 100 valence electrons. The Morgan fingerprint density at radius 1 is 1.39 bits per heavy atom. The smallest absolute Gasteiger partial charge is 0.228 e. The van der Waals surface area contributed by atoms with Crippen LogP contribution in [0.3, 0.4) is 0 Å². The molecule has 0 bridgehead atoms. The van der Waals surface area contributed by atoms with Gasteiger partial charge in [-0.15, -0.1) is 0 Å². The van der Waals surface area contributed by atoms with Crippen molar-refractivity contribution in [2.75, 3.05) is 5.32 Å². The highest BCUT2D eigenvalue weighted by atomic mass is 35.6. The fourth-order valence-corrected chi connectivity index (χ4v) is 1.52. The lowest BCUT2D eigenvalue weighted by atomic mass is 10.3. The van der Waals surface area contributed by atoms with Crippen LogP contribution in [0.2, 0.25) is 0 Å². The molecule has 18 heavy (non-hydrogen) atoms. The van der Waals surface area contributed by atoms with Gasteiger partial charge in [0.25, 0.3) is 0 Å². The average molecular weight is 314 g/mol. The molecule has 1 rings (SSSR count). The first-order chi connectivity index (χ1) is 8.34. The summed E-state index contributed by atoms with van der Waals surface area (Å²) in [5.74, 6) is -0.808. The number of hydrogen-bond donors (Lipinski definition) is 2. The summed E-state index contributed by atoms with van der Waals surface area (Å²) in [4.78, 5) is 11.3. The lowest BCUT2D eigenvalue weighted by Gasteiger charge is -2.27. The van der Waals surface area contributed by atoms with Gasteiger partial charge in [-0.05, 0) is 12.1 Å². The topological polar surface area (TPSA) is 41.1 Å². The van der Waals surface area contributed by atoms with Crippen LogP contribution >= 0.6 is 34.8 Å². The number of alkyl halides is 3. The standard InChI is InChI=1S/C11H12Cl3FN2O/c1-2-9(18)17-10(11(12,13)14)16-8-6-4-3-5-7(8)15/h3-6,10,16H,2H2,1H3,(H,17,18). The van der Waals surface area contributed by atoms with Crippen LogP contribution in [0.5, 0.6) is 0 Å². The molecule has 0 aromatic heterocycles. The van der Waals surface area contributed by atoms with Gasteiger partial charge >= 0.3 is 0 Å². The molecule has 0 aliphatic rings. The minimum absolute atomic E-state index is 0.144. The Kier molecular flexibility index (Phi) is 5.50. The van der Waals surface area contributed by atoms with E-state index < -0.39 is 15.8 Å². The molecule has 0 heterocycles. The average Bonchev–Trinajstić information content (AvgIpc) is 2.29. The first-order valence-electron chi connectivity index (χ1n) is 5.21. The van der Waals surface area contributed by atoms with Crippen molar-refractivity contribution in [1.82, 2.24) is 5.32 Å². The molecule has 1 unspecified atom stereocenters. The van der Waals surface area contributed by atoms with E-state index in [1.165, 1.54) is 18.2 Å². The van der Waals surface area contributed by atoms with Gasteiger partial charge in [-0.2, -0.15) is 0 Å². The molecule has 1 aromatic rings. The number of nitrogens with one attached hydrogen (secondary N) is 2. The highest BCUT2D eigenvalue weighted by molar-refractivity contribution is 6.68. The molecule has 0 spiro atoms. The van der Waals surface area contributed by atoms with Gasteiger partial charge in [0, 0.05) is 6.42 Å². The van der Waals surface area contributed by atoms with E-state index in [0.717, 1.165) is 0 Å². The fraction of sp³-hybridized carbons (Fsp3) is 0.364. The molecular weight excluding hydrogens is 301 g/mol. The molecular formula is C11H12Cl3FN2O. The lowest BCUT2D eigenvalue weighted by Crippen LogP contribution is -2.49. The number of carbonyl (C=O) groups is 1.